The van der Waals surface area contributed by atoms with Gasteiger partial charge in [0.1, 0.15) is 5.82 Å². The number of pyridine rings is 1. The number of likely N-dealkylation sites (N-methyl/N-ethyl adjacent to an activating group) is 1. The van der Waals surface area contributed by atoms with E-state index in [1.807, 2.05) is 25.2 Å². The van der Waals surface area contributed by atoms with Crippen LogP contribution in [0.3, 0.4) is 0 Å². The molecule has 0 radical (unpaired) electrons. The number of aromatic nitrogens is 1. The predicted molar refractivity (Wildman–Crippen MR) is 78.6 cm³/mol. The molecule has 19 heavy (non-hydrogen) atoms. The van der Waals surface area contributed by atoms with Crippen molar-refractivity contribution >= 4 is 15.9 Å². The number of hydrogen-bond acceptors (Lipinski definition) is 2. The minimum Gasteiger partial charge on any atom is -0.316 e. The maximum absolute atomic E-state index is 13.7. The van der Waals surface area contributed by atoms with Crippen LogP contribution >= 0.6 is 15.9 Å². The second kappa shape index (κ2) is 6.78. The zero-order chi connectivity index (χ0) is 13.7. The second-order valence-electron chi connectivity index (χ2n) is 4.49. The van der Waals surface area contributed by atoms with Crippen molar-refractivity contribution < 1.29 is 4.39 Å². The highest BCUT2D eigenvalue weighted by atomic mass is 79.9. The number of nitrogens with one attached hydrogen (secondary N) is 1. The van der Waals surface area contributed by atoms with E-state index >= 15 is 0 Å². The highest BCUT2D eigenvalue weighted by Gasteiger charge is 2.11. The van der Waals surface area contributed by atoms with E-state index in [9.17, 15) is 4.39 Å². The van der Waals surface area contributed by atoms with E-state index in [0.717, 1.165) is 16.5 Å². The molecule has 1 N–H and O–H groups in total. The van der Waals surface area contributed by atoms with Crippen LogP contribution in [-0.2, 0) is 12.8 Å². The van der Waals surface area contributed by atoms with Gasteiger partial charge in [-0.1, -0.05) is 15.9 Å². The number of rotatable bonds is 5. The summed E-state index contributed by atoms with van der Waals surface area (Å²) in [6.45, 7) is 0. The van der Waals surface area contributed by atoms with Crippen molar-refractivity contribution in [3.8, 4) is 0 Å². The first-order valence-electron chi connectivity index (χ1n) is 6.19. The SMILES string of the molecule is CNC(Cc1ccncc1)Cc1cc(Br)ccc1F. The Morgan fingerprint density at radius 2 is 1.95 bits per heavy atom. The van der Waals surface area contributed by atoms with Gasteiger partial charge in [0.25, 0.3) is 0 Å². The highest BCUT2D eigenvalue weighted by Crippen LogP contribution is 2.18. The first kappa shape index (κ1) is 14.2. The monoisotopic (exact) mass is 322 g/mol. The van der Waals surface area contributed by atoms with Crippen LogP contribution in [-0.4, -0.2) is 18.1 Å². The summed E-state index contributed by atoms with van der Waals surface area (Å²) in [7, 11) is 1.90. The molecule has 0 aliphatic rings. The Bertz CT molecular complexity index is 531. The summed E-state index contributed by atoms with van der Waals surface area (Å²) in [5.74, 6) is -0.154. The smallest absolute Gasteiger partial charge is 0.126 e. The van der Waals surface area contributed by atoms with Gasteiger partial charge < -0.3 is 5.32 Å². The van der Waals surface area contributed by atoms with Crippen LogP contribution in [0.25, 0.3) is 0 Å². The zero-order valence-corrected chi connectivity index (χ0v) is 12.3. The molecule has 2 nitrogen and oxygen atoms in total. The van der Waals surface area contributed by atoms with Crippen LogP contribution in [0.4, 0.5) is 4.39 Å². The van der Waals surface area contributed by atoms with Gasteiger partial charge in [0.05, 0.1) is 0 Å². The fourth-order valence-electron chi connectivity index (χ4n) is 2.04. The Morgan fingerprint density at radius 3 is 2.63 bits per heavy atom. The topological polar surface area (TPSA) is 24.9 Å². The molecule has 0 aliphatic carbocycles. The van der Waals surface area contributed by atoms with Crippen molar-refractivity contribution in [3.63, 3.8) is 0 Å². The van der Waals surface area contributed by atoms with Crippen molar-refractivity contribution in [1.82, 2.24) is 10.3 Å². The maximum Gasteiger partial charge on any atom is 0.126 e. The molecular weight excluding hydrogens is 307 g/mol. The molecular formula is C15H16BrFN2. The summed E-state index contributed by atoms with van der Waals surface area (Å²) in [5.41, 5.74) is 1.92. The van der Waals surface area contributed by atoms with Crippen LogP contribution in [0, 0.1) is 5.82 Å². The Balaban J connectivity index is 2.09. The van der Waals surface area contributed by atoms with E-state index in [2.05, 4.69) is 26.2 Å². The molecule has 0 aliphatic heterocycles. The second-order valence-corrected chi connectivity index (χ2v) is 5.40. The van der Waals surface area contributed by atoms with Crippen LogP contribution in [0.5, 0.6) is 0 Å². The summed E-state index contributed by atoms with van der Waals surface area (Å²) in [4.78, 5) is 4.00. The summed E-state index contributed by atoms with van der Waals surface area (Å²) < 4.78 is 14.7. The van der Waals surface area contributed by atoms with Gasteiger partial charge in [0.15, 0.2) is 0 Å². The molecule has 2 aromatic rings. The van der Waals surface area contributed by atoms with Gasteiger partial charge in [-0.15, -0.1) is 0 Å². The average Bonchev–Trinajstić information content (AvgIpc) is 2.43. The Hall–Kier alpha value is -1.26. The van der Waals surface area contributed by atoms with E-state index in [1.54, 1.807) is 18.5 Å². The first-order valence-corrected chi connectivity index (χ1v) is 6.98. The minimum absolute atomic E-state index is 0.154. The lowest BCUT2D eigenvalue weighted by atomic mass is 9.99. The van der Waals surface area contributed by atoms with Crippen molar-refractivity contribution in [2.75, 3.05) is 7.05 Å². The molecule has 0 amide bonds. The maximum atomic E-state index is 13.7. The zero-order valence-electron chi connectivity index (χ0n) is 10.7. The van der Waals surface area contributed by atoms with Crippen LogP contribution < -0.4 is 5.32 Å². The van der Waals surface area contributed by atoms with Gasteiger partial charge in [-0.25, -0.2) is 4.39 Å². The Morgan fingerprint density at radius 1 is 1.21 bits per heavy atom. The molecule has 1 atom stereocenters. The van der Waals surface area contributed by atoms with Gasteiger partial charge in [-0.3, -0.25) is 4.98 Å². The molecule has 2 rings (SSSR count). The van der Waals surface area contributed by atoms with Crippen molar-refractivity contribution in [2.24, 2.45) is 0 Å². The van der Waals surface area contributed by atoms with Crippen LogP contribution in [0.1, 0.15) is 11.1 Å². The summed E-state index contributed by atoms with van der Waals surface area (Å²) >= 11 is 3.38. The molecule has 0 spiro atoms. The quantitative estimate of drug-likeness (QED) is 0.913. The molecule has 0 saturated heterocycles. The lowest BCUT2D eigenvalue weighted by Gasteiger charge is -2.17. The highest BCUT2D eigenvalue weighted by molar-refractivity contribution is 9.10. The fourth-order valence-corrected chi connectivity index (χ4v) is 2.45. The van der Waals surface area contributed by atoms with Crippen molar-refractivity contribution in [3.05, 3.63) is 64.1 Å². The van der Waals surface area contributed by atoms with E-state index in [4.69, 9.17) is 0 Å². The van der Waals surface area contributed by atoms with Gasteiger partial charge in [-0.05, 0) is 61.3 Å². The summed E-state index contributed by atoms with van der Waals surface area (Å²) in [5, 5.41) is 3.24. The lowest BCUT2D eigenvalue weighted by molar-refractivity contribution is 0.532. The third-order valence-corrected chi connectivity index (χ3v) is 3.61. The molecule has 0 bridgehead atoms. The molecule has 1 heterocycles. The number of benzene rings is 1. The number of halogens is 2. The minimum atomic E-state index is -0.154. The van der Waals surface area contributed by atoms with E-state index < -0.39 is 0 Å². The molecule has 100 valence electrons. The number of hydrogen-bond donors (Lipinski definition) is 1. The normalized spacial score (nSPS) is 12.4. The van der Waals surface area contributed by atoms with E-state index in [1.165, 1.54) is 11.6 Å². The standard InChI is InChI=1S/C15H16BrFN2/c1-18-14(8-11-4-6-19-7-5-11)10-12-9-13(16)2-3-15(12)17/h2-7,9,14,18H,8,10H2,1H3. The Kier molecular flexibility index (Phi) is 5.05. The molecule has 1 aromatic heterocycles. The molecule has 4 heteroatoms. The first-order chi connectivity index (χ1) is 9.19. The molecule has 1 unspecified atom stereocenters. The van der Waals surface area contributed by atoms with Crippen molar-refractivity contribution in [2.45, 2.75) is 18.9 Å². The van der Waals surface area contributed by atoms with Crippen molar-refractivity contribution in [1.29, 1.82) is 0 Å². The van der Waals surface area contributed by atoms with E-state index in [0.29, 0.717) is 6.42 Å². The Labute approximate surface area is 121 Å². The average molecular weight is 323 g/mol. The molecule has 0 saturated carbocycles. The summed E-state index contributed by atoms with van der Waals surface area (Å²) in [6.07, 6.45) is 5.07. The lowest BCUT2D eigenvalue weighted by Crippen LogP contribution is -2.30. The van der Waals surface area contributed by atoms with E-state index in [-0.39, 0.29) is 11.9 Å². The third-order valence-electron chi connectivity index (χ3n) is 3.11. The molecule has 0 fully saturated rings. The largest absolute Gasteiger partial charge is 0.316 e. The van der Waals surface area contributed by atoms with Gasteiger partial charge in [0.2, 0.25) is 0 Å². The number of nitrogens with zero attached hydrogens (tertiary/aromatic N) is 1. The van der Waals surface area contributed by atoms with Gasteiger partial charge in [0, 0.05) is 22.9 Å². The predicted octanol–water partition coefficient (Wildman–Crippen LogP) is 3.36. The van der Waals surface area contributed by atoms with Crippen LogP contribution in [0.2, 0.25) is 0 Å². The van der Waals surface area contributed by atoms with Gasteiger partial charge >= 0.3 is 0 Å². The molecule has 1 aromatic carbocycles. The summed E-state index contributed by atoms with van der Waals surface area (Å²) in [6, 6.07) is 9.23. The van der Waals surface area contributed by atoms with Gasteiger partial charge in [-0.2, -0.15) is 0 Å². The van der Waals surface area contributed by atoms with Crippen LogP contribution in [0.15, 0.2) is 47.2 Å². The fraction of sp³-hybridized carbons (Fsp3) is 0.267. The third kappa shape index (κ3) is 4.11.